The average Bonchev–Trinajstić information content (AvgIpc) is 2.46. The summed E-state index contributed by atoms with van der Waals surface area (Å²) < 4.78 is 13.5. The van der Waals surface area contributed by atoms with E-state index in [1.165, 1.54) is 11.6 Å². The summed E-state index contributed by atoms with van der Waals surface area (Å²) in [6.07, 6.45) is 0. The number of hydrogen-bond acceptors (Lipinski definition) is 3. The topological polar surface area (TPSA) is 39.1 Å². The molecule has 0 aliphatic rings. The highest BCUT2D eigenvalue weighted by Crippen LogP contribution is 2.18. The zero-order chi connectivity index (χ0) is 15.2. The number of nitriles is 1. The van der Waals surface area contributed by atoms with Gasteiger partial charge in [0, 0.05) is 13.1 Å². The Kier molecular flexibility index (Phi) is 4.91. The quantitative estimate of drug-likeness (QED) is 0.914. The summed E-state index contributed by atoms with van der Waals surface area (Å²) in [5.41, 5.74) is 2.91. The number of nitrogens with one attached hydrogen (secondary N) is 1. The Morgan fingerprint density at radius 2 is 1.76 bits per heavy atom. The molecular formula is C17H18FN3. The Labute approximate surface area is 124 Å². The largest absolute Gasteiger partial charge is 0.380 e. The van der Waals surface area contributed by atoms with Crippen molar-refractivity contribution < 1.29 is 4.39 Å². The number of rotatable bonds is 5. The van der Waals surface area contributed by atoms with Gasteiger partial charge < -0.3 is 10.2 Å². The zero-order valence-electron chi connectivity index (χ0n) is 12.2. The molecule has 108 valence electrons. The van der Waals surface area contributed by atoms with Crippen LogP contribution in [0.4, 0.5) is 10.1 Å². The number of benzene rings is 2. The Hall–Kier alpha value is -2.38. The van der Waals surface area contributed by atoms with Crippen LogP contribution in [-0.2, 0) is 13.1 Å². The van der Waals surface area contributed by atoms with Crippen LogP contribution in [0.5, 0.6) is 0 Å². The highest BCUT2D eigenvalue weighted by Gasteiger charge is 2.07. The summed E-state index contributed by atoms with van der Waals surface area (Å²) >= 11 is 0. The van der Waals surface area contributed by atoms with Gasteiger partial charge in [0.1, 0.15) is 17.4 Å². The molecule has 0 radical (unpaired) electrons. The van der Waals surface area contributed by atoms with E-state index >= 15 is 0 Å². The number of hydrogen-bond donors (Lipinski definition) is 1. The molecule has 2 aromatic carbocycles. The molecule has 2 aromatic rings. The molecule has 0 aromatic heterocycles. The molecule has 0 fully saturated rings. The zero-order valence-corrected chi connectivity index (χ0v) is 12.2. The normalized spacial score (nSPS) is 10.4. The first-order valence-electron chi connectivity index (χ1n) is 6.75. The number of anilines is 1. The van der Waals surface area contributed by atoms with E-state index in [-0.39, 0.29) is 5.56 Å². The van der Waals surface area contributed by atoms with E-state index < -0.39 is 5.82 Å². The van der Waals surface area contributed by atoms with Crippen molar-refractivity contribution in [2.75, 3.05) is 19.4 Å². The van der Waals surface area contributed by atoms with Gasteiger partial charge in [0.15, 0.2) is 0 Å². The third kappa shape index (κ3) is 4.04. The van der Waals surface area contributed by atoms with Gasteiger partial charge in [0.25, 0.3) is 0 Å². The van der Waals surface area contributed by atoms with Gasteiger partial charge >= 0.3 is 0 Å². The first-order chi connectivity index (χ1) is 10.1. The average molecular weight is 283 g/mol. The fraction of sp³-hybridized carbons (Fsp3) is 0.235. The van der Waals surface area contributed by atoms with Crippen LogP contribution in [0, 0.1) is 17.1 Å². The van der Waals surface area contributed by atoms with Crippen LogP contribution in [-0.4, -0.2) is 19.0 Å². The highest BCUT2D eigenvalue weighted by molar-refractivity contribution is 5.58. The van der Waals surface area contributed by atoms with Crippen LogP contribution < -0.4 is 5.32 Å². The van der Waals surface area contributed by atoms with E-state index in [2.05, 4.69) is 22.3 Å². The number of halogens is 1. The lowest BCUT2D eigenvalue weighted by Crippen LogP contribution is -2.10. The standard InChI is InChI=1S/C17H18FN3/c1-21(2)12-14-8-6-13(7-9-14)11-20-17-5-3-4-16(18)15(17)10-19/h3-9,20H,11-12H2,1-2H3. The van der Waals surface area contributed by atoms with Gasteiger partial charge in [-0.05, 0) is 37.4 Å². The molecule has 2 rings (SSSR count). The molecule has 0 spiro atoms. The molecule has 0 bridgehead atoms. The van der Waals surface area contributed by atoms with Crippen LogP contribution in [0.15, 0.2) is 42.5 Å². The van der Waals surface area contributed by atoms with Crippen molar-refractivity contribution in [2.45, 2.75) is 13.1 Å². The van der Waals surface area contributed by atoms with E-state index in [0.29, 0.717) is 12.2 Å². The van der Waals surface area contributed by atoms with Crippen LogP contribution >= 0.6 is 0 Å². The fourth-order valence-electron chi connectivity index (χ4n) is 2.11. The molecule has 0 aliphatic carbocycles. The third-order valence-corrected chi connectivity index (χ3v) is 3.13. The second-order valence-electron chi connectivity index (χ2n) is 5.18. The van der Waals surface area contributed by atoms with Crippen LogP contribution in [0.25, 0.3) is 0 Å². The van der Waals surface area contributed by atoms with Crippen molar-refractivity contribution in [1.29, 1.82) is 5.26 Å². The van der Waals surface area contributed by atoms with Gasteiger partial charge in [-0.2, -0.15) is 5.26 Å². The molecular weight excluding hydrogens is 265 g/mol. The van der Waals surface area contributed by atoms with Crippen molar-refractivity contribution in [3.8, 4) is 6.07 Å². The Morgan fingerprint density at radius 1 is 1.10 bits per heavy atom. The smallest absolute Gasteiger partial charge is 0.143 e. The minimum Gasteiger partial charge on any atom is -0.380 e. The molecule has 3 nitrogen and oxygen atoms in total. The van der Waals surface area contributed by atoms with Gasteiger partial charge in [-0.25, -0.2) is 4.39 Å². The molecule has 21 heavy (non-hydrogen) atoms. The van der Waals surface area contributed by atoms with E-state index in [9.17, 15) is 4.39 Å². The molecule has 0 saturated heterocycles. The summed E-state index contributed by atoms with van der Waals surface area (Å²) in [5.74, 6) is -0.496. The van der Waals surface area contributed by atoms with Gasteiger partial charge in [-0.3, -0.25) is 0 Å². The van der Waals surface area contributed by atoms with Crippen LogP contribution in [0.3, 0.4) is 0 Å². The van der Waals surface area contributed by atoms with Gasteiger partial charge in [-0.1, -0.05) is 30.3 Å². The molecule has 0 heterocycles. The molecule has 0 aliphatic heterocycles. The van der Waals surface area contributed by atoms with E-state index in [1.54, 1.807) is 12.1 Å². The number of nitrogens with zero attached hydrogens (tertiary/aromatic N) is 2. The lowest BCUT2D eigenvalue weighted by atomic mass is 10.1. The first-order valence-corrected chi connectivity index (χ1v) is 6.75. The van der Waals surface area contributed by atoms with Crippen molar-refractivity contribution in [3.05, 3.63) is 65.0 Å². The summed E-state index contributed by atoms with van der Waals surface area (Å²) in [5, 5.41) is 12.1. The SMILES string of the molecule is CN(C)Cc1ccc(CNc2cccc(F)c2C#N)cc1. The first kappa shape index (κ1) is 15.0. The predicted octanol–water partition coefficient (Wildman–Crippen LogP) is 3.37. The Morgan fingerprint density at radius 3 is 2.38 bits per heavy atom. The van der Waals surface area contributed by atoms with Crippen LogP contribution in [0.1, 0.15) is 16.7 Å². The maximum absolute atomic E-state index is 13.5. The van der Waals surface area contributed by atoms with Gasteiger partial charge in [0.05, 0.1) is 5.69 Å². The van der Waals surface area contributed by atoms with Gasteiger partial charge in [0.2, 0.25) is 0 Å². The monoisotopic (exact) mass is 283 g/mol. The van der Waals surface area contributed by atoms with Crippen molar-refractivity contribution in [1.82, 2.24) is 4.90 Å². The second-order valence-corrected chi connectivity index (χ2v) is 5.18. The maximum atomic E-state index is 13.5. The molecule has 1 N–H and O–H groups in total. The van der Waals surface area contributed by atoms with E-state index in [1.807, 2.05) is 32.3 Å². The third-order valence-electron chi connectivity index (χ3n) is 3.13. The second kappa shape index (κ2) is 6.87. The lowest BCUT2D eigenvalue weighted by Gasteiger charge is -2.11. The van der Waals surface area contributed by atoms with Crippen molar-refractivity contribution in [3.63, 3.8) is 0 Å². The van der Waals surface area contributed by atoms with Crippen molar-refractivity contribution in [2.24, 2.45) is 0 Å². The molecule has 0 unspecified atom stereocenters. The van der Waals surface area contributed by atoms with E-state index in [4.69, 9.17) is 5.26 Å². The Balaban J connectivity index is 2.04. The van der Waals surface area contributed by atoms with Gasteiger partial charge in [-0.15, -0.1) is 0 Å². The molecule has 4 heteroatoms. The summed E-state index contributed by atoms with van der Waals surface area (Å²) in [7, 11) is 4.06. The predicted molar refractivity (Wildman–Crippen MR) is 82.3 cm³/mol. The molecule has 0 amide bonds. The minimum absolute atomic E-state index is 0.0572. The highest BCUT2D eigenvalue weighted by atomic mass is 19.1. The summed E-state index contributed by atoms with van der Waals surface area (Å²) in [4.78, 5) is 2.11. The van der Waals surface area contributed by atoms with Crippen molar-refractivity contribution >= 4 is 5.69 Å². The molecule has 0 atom stereocenters. The summed E-state index contributed by atoms with van der Waals surface area (Å²) in [6, 6.07) is 14.7. The Bertz CT molecular complexity index is 642. The minimum atomic E-state index is -0.496. The summed E-state index contributed by atoms with van der Waals surface area (Å²) in [6.45, 7) is 1.45. The molecule has 0 saturated carbocycles. The van der Waals surface area contributed by atoms with Crippen LogP contribution in [0.2, 0.25) is 0 Å². The fourth-order valence-corrected chi connectivity index (χ4v) is 2.11. The lowest BCUT2D eigenvalue weighted by molar-refractivity contribution is 0.402. The van der Waals surface area contributed by atoms with E-state index in [0.717, 1.165) is 12.1 Å². The maximum Gasteiger partial charge on any atom is 0.143 e.